The Bertz CT molecular complexity index is 1710. The van der Waals surface area contributed by atoms with Crippen LogP contribution in [0.3, 0.4) is 0 Å². The molecule has 0 saturated heterocycles. The van der Waals surface area contributed by atoms with Gasteiger partial charge >= 0.3 is 6.18 Å². The number of nitrogens with zero attached hydrogens (tertiary/aromatic N) is 1. The van der Waals surface area contributed by atoms with Gasteiger partial charge in [-0.1, -0.05) is 23.8 Å². The fourth-order valence-corrected chi connectivity index (χ4v) is 8.20. The Morgan fingerprint density at radius 1 is 1.02 bits per heavy atom. The number of fused-ring (bicyclic) bond motifs is 2. The zero-order valence-electron chi connectivity index (χ0n) is 24.6. The highest BCUT2D eigenvalue weighted by Crippen LogP contribution is 2.59. The van der Waals surface area contributed by atoms with E-state index in [-0.39, 0.29) is 35.4 Å². The van der Waals surface area contributed by atoms with Crippen LogP contribution in [-0.4, -0.2) is 37.3 Å². The van der Waals surface area contributed by atoms with Crippen molar-refractivity contribution in [2.45, 2.75) is 81.0 Å². The number of benzene rings is 3. The van der Waals surface area contributed by atoms with Gasteiger partial charge in [0.15, 0.2) is 5.60 Å². The van der Waals surface area contributed by atoms with Crippen molar-refractivity contribution >= 4 is 27.3 Å². The molecule has 1 aliphatic heterocycles. The lowest BCUT2D eigenvalue weighted by atomic mass is 9.62. The molecule has 11 heteroatoms. The molecule has 5 rings (SSSR count). The molecule has 1 aliphatic carbocycles. The summed E-state index contributed by atoms with van der Waals surface area (Å²) in [5, 5.41) is 13.4. The molecule has 1 saturated carbocycles. The van der Waals surface area contributed by atoms with E-state index in [9.17, 15) is 35.9 Å². The van der Waals surface area contributed by atoms with Crippen molar-refractivity contribution in [2.24, 2.45) is 0 Å². The first-order valence-electron chi connectivity index (χ1n) is 14.3. The van der Waals surface area contributed by atoms with E-state index in [0.29, 0.717) is 11.3 Å². The highest BCUT2D eigenvalue weighted by molar-refractivity contribution is 7.92. The first kappa shape index (κ1) is 31.7. The summed E-state index contributed by atoms with van der Waals surface area (Å²) in [5.74, 6) is -1.08. The summed E-state index contributed by atoms with van der Waals surface area (Å²) in [6.45, 7) is 5.55. The second-order valence-corrected chi connectivity index (χ2v) is 13.8. The monoisotopic (exact) mass is 630 g/mol. The maximum atomic E-state index is 14.2. The number of sulfonamides is 1. The van der Waals surface area contributed by atoms with Crippen molar-refractivity contribution in [1.82, 2.24) is 0 Å². The van der Waals surface area contributed by atoms with Crippen molar-refractivity contribution in [1.29, 1.82) is 0 Å². The fourth-order valence-electron chi connectivity index (χ4n) is 6.45. The molecule has 1 heterocycles. The Morgan fingerprint density at radius 2 is 1.68 bits per heavy atom. The maximum absolute atomic E-state index is 14.2. The SMILES string of the molecule is CC(C)=CCC1N(S(=O)(=O)c2ccc(F)cc2)c2ccc(C(=O)Nc3cccc(C)c3)cc2C12CCC(O)(C(F)(F)F)CC2. The second kappa shape index (κ2) is 11.3. The molecule has 3 aromatic rings. The van der Waals surface area contributed by atoms with Gasteiger partial charge in [-0.2, -0.15) is 13.2 Å². The first-order valence-corrected chi connectivity index (χ1v) is 15.8. The molecule has 2 N–H and O–H groups in total. The molecule has 1 fully saturated rings. The summed E-state index contributed by atoms with van der Waals surface area (Å²) < 4.78 is 85.2. The van der Waals surface area contributed by atoms with Gasteiger partial charge in [0.2, 0.25) is 0 Å². The third kappa shape index (κ3) is 5.63. The number of anilines is 2. The Morgan fingerprint density at radius 3 is 2.27 bits per heavy atom. The number of hydrogen-bond acceptors (Lipinski definition) is 4. The summed E-state index contributed by atoms with van der Waals surface area (Å²) in [7, 11) is -4.33. The number of carbonyl (C=O) groups excluding carboxylic acids is 1. The summed E-state index contributed by atoms with van der Waals surface area (Å²) in [4.78, 5) is 13.2. The van der Waals surface area contributed by atoms with Crippen molar-refractivity contribution in [2.75, 3.05) is 9.62 Å². The van der Waals surface area contributed by atoms with Gasteiger partial charge in [-0.15, -0.1) is 0 Å². The van der Waals surface area contributed by atoms with E-state index in [1.165, 1.54) is 16.4 Å². The van der Waals surface area contributed by atoms with Gasteiger partial charge < -0.3 is 10.4 Å². The predicted molar refractivity (Wildman–Crippen MR) is 161 cm³/mol. The molecule has 1 spiro atoms. The topological polar surface area (TPSA) is 86.7 Å². The van der Waals surface area contributed by atoms with E-state index >= 15 is 0 Å². The smallest absolute Gasteiger partial charge is 0.380 e. The number of halogens is 4. The van der Waals surface area contributed by atoms with Gasteiger partial charge in [-0.05, 0) is 119 Å². The van der Waals surface area contributed by atoms with Crippen LogP contribution in [-0.2, 0) is 15.4 Å². The second-order valence-electron chi connectivity index (χ2n) is 12.0. The van der Waals surface area contributed by atoms with Gasteiger partial charge in [-0.25, -0.2) is 12.8 Å². The molecule has 1 unspecified atom stereocenters. The van der Waals surface area contributed by atoms with Crippen LogP contribution in [0.25, 0.3) is 0 Å². The summed E-state index contributed by atoms with van der Waals surface area (Å²) >= 11 is 0. The van der Waals surface area contributed by atoms with Crippen LogP contribution in [0.2, 0.25) is 0 Å². The Hall–Kier alpha value is -3.70. The third-order valence-corrected chi connectivity index (χ3v) is 10.7. The van der Waals surface area contributed by atoms with Crippen LogP contribution in [0.1, 0.15) is 67.4 Å². The van der Waals surface area contributed by atoms with Crippen LogP contribution >= 0.6 is 0 Å². The molecule has 44 heavy (non-hydrogen) atoms. The standard InChI is InChI=1S/C33H34F4N2O4S/c1-21(2)7-14-29-31(15-17-32(41,18-16-31)33(35,36)37)27-20-23(30(40)38-25-6-4-5-22(3)19-25)8-13-28(27)39(29)44(42,43)26-11-9-24(34)10-12-26/h4-13,19-20,29,41H,14-18H2,1-3H3,(H,38,40). The summed E-state index contributed by atoms with van der Waals surface area (Å²) in [6.07, 6.45) is -4.46. The van der Waals surface area contributed by atoms with Crippen LogP contribution < -0.4 is 9.62 Å². The number of rotatable bonds is 6. The van der Waals surface area contributed by atoms with Crippen molar-refractivity contribution in [3.8, 4) is 0 Å². The number of nitrogens with one attached hydrogen (secondary N) is 1. The Kier molecular flexibility index (Phi) is 8.17. The highest BCUT2D eigenvalue weighted by Gasteiger charge is 2.62. The average molecular weight is 631 g/mol. The molecule has 3 aromatic carbocycles. The lowest BCUT2D eigenvalue weighted by Gasteiger charge is -2.46. The van der Waals surface area contributed by atoms with Gasteiger partial charge in [0.05, 0.1) is 16.6 Å². The normalized spacial score (nSPS) is 23.4. The molecule has 6 nitrogen and oxygen atoms in total. The molecule has 1 atom stereocenters. The minimum atomic E-state index is -4.86. The van der Waals surface area contributed by atoms with Gasteiger partial charge in [-0.3, -0.25) is 9.10 Å². The van der Waals surface area contributed by atoms with E-state index < -0.39 is 57.8 Å². The molecule has 0 radical (unpaired) electrons. The predicted octanol–water partition coefficient (Wildman–Crippen LogP) is 7.43. The van der Waals surface area contributed by atoms with Gasteiger partial charge in [0, 0.05) is 16.7 Å². The third-order valence-electron chi connectivity index (χ3n) is 8.85. The van der Waals surface area contributed by atoms with E-state index in [1.54, 1.807) is 24.3 Å². The zero-order valence-corrected chi connectivity index (χ0v) is 25.4. The quantitative estimate of drug-likeness (QED) is 0.219. The lowest BCUT2D eigenvalue weighted by Crippen LogP contribution is -2.55. The van der Waals surface area contributed by atoms with Gasteiger partial charge in [0.25, 0.3) is 15.9 Å². The van der Waals surface area contributed by atoms with Crippen molar-refractivity contribution < 1.29 is 35.9 Å². The van der Waals surface area contributed by atoms with E-state index in [4.69, 9.17) is 0 Å². The average Bonchev–Trinajstić information content (AvgIpc) is 3.22. The number of allylic oxidation sites excluding steroid dienone is 1. The number of aryl methyl sites for hydroxylation is 1. The molecular weight excluding hydrogens is 596 g/mol. The molecule has 2 aliphatic rings. The van der Waals surface area contributed by atoms with Crippen LogP contribution in [0.5, 0.6) is 0 Å². The van der Waals surface area contributed by atoms with Crippen LogP contribution in [0, 0.1) is 12.7 Å². The number of alkyl halides is 3. The largest absolute Gasteiger partial charge is 0.417 e. The summed E-state index contributed by atoms with van der Waals surface area (Å²) in [5.41, 5.74) is -0.810. The van der Waals surface area contributed by atoms with Gasteiger partial charge in [0.1, 0.15) is 5.82 Å². The van der Waals surface area contributed by atoms with Crippen molar-refractivity contribution in [3.63, 3.8) is 0 Å². The Labute approximate surface area is 254 Å². The van der Waals surface area contributed by atoms with E-state index in [0.717, 1.165) is 35.4 Å². The number of hydrogen-bond donors (Lipinski definition) is 2. The minimum Gasteiger partial charge on any atom is -0.380 e. The molecule has 234 valence electrons. The van der Waals surface area contributed by atoms with Crippen molar-refractivity contribution in [3.05, 3.63) is 101 Å². The van der Waals surface area contributed by atoms with Crippen LogP contribution in [0.15, 0.2) is 83.3 Å². The van der Waals surface area contributed by atoms with E-state index in [2.05, 4.69) is 5.32 Å². The summed E-state index contributed by atoms with van der Waals surface area (Å²) in [6, 6.07) is 15.3. The van der Waals surface area contributed by atoms with Crippen LogP contribution in [0.4, 0.5) is 28.9 Å². The number of aliphatic hydroxyl groups is 1. The number of amides is 1. The van der Waals surface area contributed by atoms with E-state index in [1.807, 2.05) is 32.9 Å². The Balaban J connectivity index is 1.67. The first-order chi connectivity index (χ1) is 20.6. The molecule has 0 bridgehead atoms. The maximum Gasteiger partial charge on any atom is 0.417 e. The zero-order chi connectivity index (χ0) is 32.1. The highest BCUT2D eigenvalue weighted by atomic mass is 32.2. The molecule has 1 amide bonds. The molecule has 0 aromatic heterocycles. The molecular formula is C33H34F4N2O4S. The fraction of sp³-hybridized carbons (Fsp3) is 0.364. The number of carbonyl (C=O) groups is 1. The lowest BCUT2D eigenvalue weighted by molar-refractivity contribution is -0.273. The minimum absolute atomic E-state index is 0.171.